The topological polar surface area (TPSA) is 60.7 Å². The zero-order valence-electron chi connectivity index (χ0n) is 11.8. The number of carbonyl (C=O) groups excluding carboxylic acids is 1. The minimum absolute atomic E-state index is 0.103. The van der Waals surface area contributed by atoms with Gasteiger partial charge in [0.05, 0.1) is 25.2 Å². The summed E-state index contributed by atoms with van der Waals surface area (Å²) < 4.78 is 16.0. The highest BCUT2D eigenvalue weighted by molar-refractivity contribution is 6.25. The molecule has 108 valence electrons. The van der Waals surface area contributed by atoms with Crippen LogP contribution in [0, 0.1) is 0 Å². The Labute approximate surface area is 122 Å². The number of ketones is 1. The highest BCUT2D eigenvalue weighted by atomic mass is 16.5. The molecule has 3 rings (SSSR count). The summed E-state index contributed by atoms with van der Waals surface area (Å²) >= 11 is 0. The van der Waals surface area contributed by atoms with Crippen molar-refractivity contribution in [2.75, 3.05) is 14.2 Å². The molecular formula is C16H15NO4. The van der Waals surface area contributed by atoms with Gasteiger partial charge in [-0.05, 0) is 23.8 Å². The fourth-order valence-corrected chi connectivity index (χ4v) is 2.35. The molecule has 1 aromatic heterocycles. The number of rotatable bonds is 4. The Morgan fingerprint density at radius 3 is 2.81 bits per heavy atom. The average molecular weight is 285 g/mol. The zero-order valence-corrected chi connectivity index (χ0v) is 11.8. The van der Waals surface area contributed by atoms with Crippen molar-refractivity contribution in [3.8, 4) is 5.75 Å². The van der Waals surface area contributed by atoms with Crippen molar-refractivity contribution in [2.24, 2.45) is 0 Å². The number of Topliss-reactive ketones (excluding diaryl/α,β-unsaturated/α-hetero) is 1. The molecule has 0 saturated heterocycles. The molecule has 5 heteroatoms. The third kappa shape index (κ3) is 2.27. The van der Waals surface area contributed by atoms with Gasteiger partial charge >= 0.3 is 0 Å². The largest absolute Gasteiger partial charge is 0.497 e. The van der Waals surface area contributed by atoms with Gasteiger partial charge < -0.3 is 19.2 Å². The summed E-state index contributed by atoms with van der Waals surface area (Å²) in [7, 11) is 3.31. The van der Waals surface area contributed by atoms with Gasteiger partial charge in [0.2, 0.25) is 5.78 Å². The number of ether oxygens (including phenoxy) is 2. The van der Waals surface area contributed by atoms with E-state index in [1.165, 1.54) is 12.5 Å². The van der Waals surface area contributed by atoms with Crippen molar-refractivity contribution < 1.29 is 18.7 Å². The molecule has 2 aromatic rings. The number of benzene rings is 1. The number of hydrogen-bond acceptors (Lipinski definition) is 5. The lowest BCUT2D eigenvalue weighted by Gasteiger charge is -2.08. The Morgan fingerprint density at radius 1 is 1.29 bits per heavy atom. The number of methoxy groups -OCH3 is 1. The zero-order chi connectivity index (χ0) is 14.8. The van der Waals surface area contributed by atoms with Gasteiger partial charge in [0.25, 0.3) is 0 Å². The second-order valence-corrected chi connectivity index (χ2v) is 4.60. The van der Waals surface area contributed by atoms with Gasteiger partial charge in [-0.1, -0.05) is 12.1 Å². The van der Waals surface area contributed by atoms with E-state index >= 15 is 0 Å². The maximum atomic E-state index is 12.7. The number of hydrogen-bond donors (Lipinski definition) is 1. The standard InChI is InChI=1S/C16H15NO4/c1-17-16-13(10-4-3-5-12(8-10)19-2)14(18)15(21-16)11-6-7-20-9-11/h3-9,15,17H,1-2H3. The Balaban J connectivity index is 2.01. The summed E-state index contributed by atoms with van der Waals surface area (Å²) in [4.78, 5) is 12.7. The van der Waals surface area contributed by atoms with Gasteiger partial charge in [-0.3, -0.25) is 4.79 Å². The van der Waals surface area contributed by atoms with Gasteiger partial charge in [-0.15, -0.1) is 0 Å². The predicted octanol–water partition coefficient (Wildman–Crippen LogP) is 2.52. The van der Waals surface area contributed by atoms with Gasteiger partial charge in [0.15, 0.2) is 12.0 Å². The molecule has 0 saturated carbocycles. The number of carbonyl (C=O) groups is 1. The van der Waals surface area contributed by atoms with Crippen LogP contribution in [0.15, 0.2) is 53.2 Å². The van der Waals surface area contributed by atoms with Crippen LogP contribution in [0.2, 0.25) is 0 Å². The SMILES string of the molecule is CNC1=C(c2cccc(OC)c2)C(=O)C(c2ccoc2)O1. The van der Waals surface area contributed by atoms with Gasteiger partial charge in [0.1, 0.15) is 5.75 Å². The molecule has 0 aliphatic carbocycles. The lowest BCUT2D eigenvalue weighted by atomic mass is 9.98. The van der Waals surface area contributed by atoms with Crippen LogP contribution in [-0.4, -0.2) is 19.9 Å². The van der Waals surface area contributed by atoms with E-state index in [1.807, 2.05) is 24.3 Å². The normalized spacial score (nSPS) is 17.8. The van der Waals surface area contributed by atoms with Crippen LogP contribution in [0.5, 0.6) is 5.75 Å². The van der Waals surface area contributed by atoms with Crippen molar-refractivity contribution in [1.82, 2.24) is 5.32 Å². The Kier molecular flexibility index (Phi) is 3.39. The Bertz CT molecular complexity index is 688. The molecule has 21 heavy (non-hydrogen) atoms. The highest BCUT2D eigenvalue weighted by Crippen LogP contribution is 2.37. The average Bonchev–Trinajstić information content (AvgIpc) is 3.14. The van der Waals surface area contributed by atoms with Crippen molar-refractivity contribution in [2.45, 2.75) is 6.10 Å². The highest BCUT2D eigenvalue weighted by Gasteiger charge is 2.37. The lowest BCUT2D eigenvalue weighted by Crippen LogP contribution is -2.09. The third-order valence-corrected chi connectivity index (χ3v) is 3.38. The maximum Gasteiger partial charge on any atom is 0.214 e. The molecule has 1 aliphatic heterocycles. The van der Waals surface area contributed by atoms with Crippen LogP contribution < -0.4 is 10.1 Å². The third-order valence-electron chi connectivity index (χ3n) is 3.38. The first-order valence-electron chi connectivity index (χ1n) is 6.54. The molecule has 1 atom stereocenters. The molecule has 0 fully saturated rings. The quantitative estimate of drug-likeness (QED) is 0.935. The van der Waals surface area contributed by atoms with Gasteiger partial charge in [-0.2, -0.15) is 0 Å². The van der Waals surface area contributed by atoms with E-state index in [0.29, 0.717) is 22.8 Å². The Morgan fingerprint density at radius 2 is 2.14 bits per heavy atom. The first-order valence-corrected chi connectivity index (χ1v) is 6.54. The van der Waals surface area contributed by atoms with Crippen molar-refractivity contribution in [3.05, 3.63) is 59.9 Å². The van der Waals surface area contributed by atoms with E-state index in [4.69, 9.17) is 13.9 Å². The van der Waals surface area contributed by atoms with E-state index < -0.39 is 6.10 Å². The molecular weight excluding hydrogens is 270 g/mol. The maximum absolute atomic E-state index is 12.7. The summed E-state index contributed by atoms with van der Waals surface area (Å²) in [5, 5.41) is 2.94. The molecule has 0 radical (unpaired) electrons. The fourth-order valence-electron chi connectivity index (χ4n) is 2.35. The number of nitrogens with one attached hydrogen (secondary N) is 1. The summed E-state index contributed by atoms with van der Waals surface area (Å²) in [6.45, 7) is 0. The van der Waals surface area contributed by atoms with Crippen molar-refractivity contribution in [3.63, 3.8) is 0 Å². The second-order valence-electron chi connectivity index (χ2n) is 4.60. The van der Waals surface area contributed by atoms with E-state index in [-0.39, 0.29) is 5.78 Å². The fraction of sp³-hybridized carbons (Fsp3) is 0.188. The molecule has 2 heterocycles. The molecule has 1 N–H and O–H groups in total. The molecule has 1 aromatic carbocycles. The summed E-state index contributed by atoms with van der Waals surface area (Å²) in [5.41, 5.74) is 1.97. The molecule has 0 spiro atoms. The van der Waals surface area contributed by atoms with Crippen LogP contribution in [-0.2, 0) is 9.53 Å². The van der Waals surface area contributed by atoms with Crippen LogP contribution >= 0.6 is 0 Å². The van der Waals surface area contributed by atoms with Gasteiger partial charge in [0, 0.05) is 12.6 Å². The summed E-state index contributed by atoms with van der Waals surface area (Å²) in [6, 6.07) is 9.06. The number of furan rings is 1. The monoisotopic (exact) mass is 285 g/mol. The molecule has 5 nitrogen and oxygen atoms in total. The van der Waals surface area contributed by atoms with Crippen LogP contribution in [0.25, 0.3) is 5.57 Å². The van der Waals surface area contributed by atoms with E-state index in [2.05, 4.69) is 5.32 Å². The van der Waals surface area contributed by atoms with E-state index in [9.17, 15) is 4.79 Å². The van der Waals surface area contributed by atoms with Crippen LogP contribution in [0.3, 0.4) is 0 Å². The molecule has 1 unspecified atom stereocenters. The summed E-state index contributed by atoms with van der Waals surface area (Å²) in [5.74, 6) is 1.04. The van der Waals surface area contributed by atoms with Crippen LogP contribution in [0.4, 0.5) is 0 Å². The second kappa shape index (κ2) is 5.36. The first kappa shape index (κ1) is 13.3. The molecule has 1 aliphatic rings. The minimum Gasteiger partial charge on any atom is -0.497 e. The Hall–Kier alpha value is -2.69. The molecule has 0 bridgehead atoms. The minimum atomic E-state index is -0.674. The summed E-state index contributed by atoms with van der Waals surface area (Å²) in [6.07, 6.45) is 2.37. The predicted molar refractivity (Wildman–Crippen MR) is 76.5 cm³/mol. The van der Waals surface area contributed by atoms with Crippen molar-refractivity contribution in [1.29, 1.82) is 0 Å². The van der Waals surface area contributed by atoms with Crippen LogP contribution in [0.1, 0.15) is 17.2 Å². The van der Waals surface area contributed by atoms with Gasteiger partial charge in [-0.25, -0.2) is 0 Å². The lowest BCUT2D eigenvalue weighted by molar-refractivity contribution is -0.120. The van der Waals surface area contributed by atoms with Crippen molar-refractivity contribution >= 4 is 11.4 Å². The molecule has 0 amide bonds. The smallest absolute Gasteiger partial charge is 0.214 e. The van der Waals surface area contributed by atoms with E-state index in [0.717, 1.165) is 5.56 Å². The van der Waals surface area contributed by atoms with E-state index in [1.54, 1.807) is 20.2 Å². The first-order chi connectivity index (χ1) is 10.2.